The second kappa shape index (κ2) is 9.47. The van der Waals surface area contributed by atoms with Gasteiger partial charge in [0.25, 0.3) is 5.56 Å². The molecule has 178 valence electrons. The van der Waals surface area contributed by atoms with Crippen LogP contribution in [0, 0.1) is 6.92 Å². The Labute approximate surface area is 204 Å². The van der Waals surface area contributed by atoms with Crippen molar-refractivity contribution in [3.05, 3.63) is 98.8 Å². The van der Waals surface area contributed by atoms with Gasteiger partial charge in [0.2, 0.25) is 0 Å². The summed E-state index contributed by atoms with van der Waals surface area (Å²) in [5.74, 6) is -0.307. The number of nitrogens with zero attached hydrogens (tertiary/aromatic N) is 3. The molecule has 0 fully saturated rings. The van der Waals surface area contributed by atoms with E-state index in [1.807, 2.05) is 55.9 Å². The summed E-state index contributed by atoms with van der Waals surface area (Å²) in [6.07, 6.45) is 1.42. The second-order valence-corrected chi connectivity index (χ2v) is 9.37. The van der Waals surface area contributed by atoms with Gasteiger partial charge in [-0.15, -0.1) is 0 Å². The van der Waals surface area contributed by atoms with Gasteiger partial charge < -0.3 is 14.2 Å². The Hall–Kier alpha value is -3.77. The molecule has 3 heterocycles. The minimum absolute atomic E-state index is 0.0285. The monoisotopic (exact) mass is 467 g/mol. The van der Waals surface area contributed by atoms with Crippen molar-refractivity contribution in [3.8, 4) is 11.4 Å². The van der Waals surface area contributed by atoms with Gasteiger partial charge in [-0.05, 0) is 63.2 Å². The second-order valence-electron chi connectivity index (χ2n) is 9.37. The first-order valence-electron chi connectivity index (χ1n) is 11.9. The number of hydrogen-bond donors (Lipinski definition) is 0. The summed E-state index contributed by atoms with van der Waals surface area (Å²) in [5, 5.41) is 1.11. The number of esters is 1. The van der Waals surface area contributed by atoms with Crippen molar-refractivity contribution in [2.45, 2.75) is 32.9 Å². The van der Waals surface area contributed by atoms with Gasteiger partial charge in [0.05, 0.1) is 35.6 Å². The highest BCUT2D eigenvalue weighted by molar-refractivity contribution is 5.90. The highest BCUT2D eigenvalue weighted by Gasteiger charge is 2.26. The molecule has 0 aliphatic carbocycles. The van der Waals surface area contributed by atoms with Crippen LogP contribution in [-0.2, 0) is 24.2 Å². The molecule has 0 radical (unpaired) electrons. The lowest BCUT2D eigenvalue weighted by Crippen LogP contribution is -2.20. The summed E-state index contributed by atoms with van der Waals surface area (Å²) in [5.41, 5.74) is 7.47. The molecule has 6 heteroatoms. The number of fused-ring (bicyclic) bond motifs is 4. The third-order valence-corrected chi connectivity index (χ3v) is 6.54. The number of carbonyl (C=O) groups excluding carboxylic acids is 1. The topological polar surface area (TPSA) is 64.4 Å². The van der Waals surface area contributed by atoms with Crippen LogP contribution in [0.25, 0.3) is 22.3 Å². The third kappa shape index (κ3) is 4.37. The van der Waals surface area contributed by atoms with Crippen molar-refractivity contribution in [3.63, 3.8) is 0 Å². The highest BCUT2D eigenvalue weighted by Crippen LogP contribution is 2.37. The number of aryl methyl sites for hydroxylation is 2. The van der Waals surface area contributed by atoms with E-state index in [1.54, 1.807) is 12.1 Å². The molecule has 4 aromatic rings. The molecule has 6 nitrogen and oxygen atoms in total. The third-order valence-electron chi connectivity index (χ3n) is 6.54. The zero-order valence-corrected chi connectivity index (χ0v) is 20.4. The van der Waals surface area contributed by atoms with Crippen LogP contribution in [-0.4, -0.2) is 41.1 Å². The van der Waals surface area contributed by atoms with Crippen molar-refractivity contribution < 1.29 is 9.53 Å². The molecule has 35 heavy (non-hydrogen) atoms. The van der Waals surface area contributed by atoms with Crippen LogP contribution in [0.15, 0.2) is 65.5 Å². The number of rotatable bonds is 7. The molecule has 0 amide bonds. The zero-order chi connectivity index (χ0) is 24.5. The Bertz CT molecular complexity index is 1470. The number of ether oxygens (including phenoxy) is 1. The van der Waals surface area contributed by atoms with Crippen molar-refractivity contribution in [2.75, 3.05) is 20.7 Å². The van der Waals surface area contributed by atoms with E-state index in [0.717, 1.165) is 51.9 Å². The summed E-state index contributed by atoms with van der Waals surface area (Å²) in [6.45, 7) is 3.47. The fourth-order valence-electron chi connectivity index (χ4n) is 4.87. The molecule has 0 N–H and O–H groups in total. The van der Waals surface area contributed by atoms with Gasteiger partial charge in [0, 0.05) is 23.1 Å². The van der Waals surface area contributed by atoms with E-state index in [4.69, 9.17) is 9.72 Å². The molecule has 5 rings (SSSR count). The van der Waals surface area contributed by atoms with Crippen LogP contribution in [0.1, 0.15) is 39.0 Å². The zero-order valence-electron chi connectivity index (χ0n) is 20.4. The van der Waals surface area contributed by atoms with Crippen molar-refractivity contribution in [2.24, 2.45) is 0 Å². The molecule has 1 aliphatic heterocycles. The van der Waals surface area contributed by atoms with Crippen LogP contribution in [0.5, 0.6) is 0 Å². The molecular formula is C29H29N3O3. The Balaban J connectivity index is 1.50. The maximum Gasteiger partial charge on any atom is 0.338 e. The quantitative estimate of drug-likeness (QED) is 0.259. The summed E-state index contributed by atoms with van der Waals surface area (Å²) in [7, 11) is 4.09. The number of hydrogen-bond acceptors (Lipinski definition) is 5. The molecule has 0 spiro atoms. The van der Waals surface area contributed by atoms with Crippen molar-refractivity contribution >= 4 is 16.9 Å². The number of para-hydroxylation sites is 1. The maximum absolute atomic E-state index is 12.9. The average Bonchev–Trinajstić information content (AvgIpc) is 3.23. The first kappa shape index (κ1) is 23.0. The van der Waals surface area contributed by atoms with Gasteiger partial charge in [-0.2, -0.15) is 0 Å². The van der Waals surface area contributed by atoms with E-state index in [-0.39, 0.29) is 11.5 Å². The number of carbonyl (C=O) groups is 1. The van der Waals surface area contributed by atoms with Crippen LogP contribution < -0.4 is 5.56 Å². The van der Waals surface area contributed by atoms with Crippen molar-refractivity contribution in [1.82, 2.24) is 14.5 Å². The Morgan fingerprint density at radius 3 is 2.63 bits per heavy atom. The van der Waals surface area contributed by atoms with E-state index >= 15 is 0 Å². The number of benzene rings is 2. The molecular weight excluding hydrogens is 438 g/mol. The highest BCUT2D eigenvalue weighted by atomic mass is 16.5. The Morgan fingerprint density at radius 1 is 1.06 bits per heavy atom. The summed E-state index contributed by atoms with van der Waals surface area (Å²) >= 11 is 0. The lowest BCUT2D eigenvalue weighted by atomic mass is 9.95. The molecule has 2 aromatic heterocycles. The molecule has 0 unspecified atom stereocenters. The standard InChI is InChI=1S/C29H29N3O3/c1-19-14-15-25-27-24(18-32(25)28(19)33)22(13-8-16-35-29(34)20-9-5-4-6-10-20)23-12-7-11-21(17-31(2)3)26(23)30-27/h4-7,9-12,14-15H,8,13,16-18H2,1-3H3. The van der Waals surface area contributed by atoms with Crippen molar-refractivity contribution in [1.29, 1.82) is 0 Å². The minimum atomic E-state index is -0.307. The van der Waals surface area contributed by atoms with Gasteiger partial charge in [-0.25, -0.2) is 9.78 Å². The van der Waals surface area contributed by atoms with Crippen LogP contribution in [0.3, 0.4) is 0 Å². The maximum atomic E-state index is 12.9. The largest absolute Gasteiger partial charge is 0.462 e. The number of pyridine rings is 2. The van der Waals surface area contributed by atoms with E-state index in [1.165, 1.54) is 5.56 Å². The minimum Gasteiger partial charge on any atom is -0.462 e. The van der Waals surface area contributed by atoms with Gasteiger partial charge >= 0.3 is 5.97 Å². The first-order valence-corrected chi connectivity index (χ1v) is 11.9. The lowest BCUT2D eigenvalue weighted by Gasteiger charge is -2.16. The van der Waals surface area contributed by atoms with E-state index < -0.39 is 0 Å². The van der Waals surface area contributed by atoms with Crippen LogP contribution >= 0.6 is 0 Å². The Morgan fingerprint density at radius 2 is 1.86 bits per heavy atom. The summed E-state index contributed by atoms with van der Waals surface area (Å²) in [4.78, 5) is 32.5. The van der Waals surface area contributed by atoms with Gasteiger partial charge in [0.1, 0.15) is 0 Å². The van der Waals surface area contributed by atoms with E-state index in [9.17, 15) is 9.59 Å². The van der Waals surface area contributed by atoms with Crippen LogP contribution in [0.4, 0.5) is 0 Å². The Kier molecular flexibility index (Phi) is 6.22. The summed E-state index contributed by atoms with van der Waals surface area (Å²) in [6, 6.07) is 19.2. The summed E-state index contributed by atoms with van der Waals surface area (Å²) < 4.78 is 7.37. The SMILES string of the molecule is Cc1ccc2n(c1=O)Cc1c-2nc2c(CN(C)C)cccc2c1CCCOC(=O)c1ccccc1. The van der Waals surface area contributed by atoms with Gasteiger partial charge in [-0.3, -0.25) is 4.79 Å². The molecule has 0 saturated heterocycles. The smallest absolute Gasteiger partial charge is 0.338 e. The van der Waals surface area contributed by atoms with E-state index in [2.05, 4.69) is 23.1 Å². The number of aromatic nitrogens is 2. The molecule has 0 bridgehead atoms. The molecule has 0 atom stereocenters. The predicted molar refractivity (Wildman–Crippen MR) is 138 cm³/mol. The van der Waals surface area contributed by atoms with Crippen LogP contribution in [0.2, 0.25) is 0 Å². The molecule has 1 aliphatic rings. The predicted octanol–water partition coefficient (Wildman–Crippen LogP) is 4.58. The normalized spacial score (nSPS) is 12.1. The van der Waals surface area contributed by atoms with E-state index in [0.29, 0.717) is 25.1 Å². The average molecular weight is 468 g/mol. The van der Waals surface area contributed by atoms with Gasteiger partial charge in [0.15, 0.2) is 0 Å². The fourth-order valence-corrected chi connectivity index (χ4v) is 4.87. The first-order chi connectivity index (χ1) is 16.9. The molecule has 2 aromatic carbocycles. The molecule has 0 saturated carbocycles. The van der Waals surface area contributed by atoms with Gasteiger partial charge in [-0.1, -0.05) is 42.5 Å². The lowest BCUT2D eigenvalue weighted by molar-refractivity contribution is 0.0500. The fraction of sp³-hybridized carbons (Fsp3) is 0.276.